The number of nitrogens with one attached hydrogen (secondary N) is 1. The van der Waals surface area contributed by atoms with Gasteiger partial charge in [0.1, 0.15) is 12.0 Å². The van der Waals surface area contributed by atoms with Crippen LogP contribution in [0.3, 0.4) is 0 Å². The third-order valence-corrected chi connectivity index (χ3v) is 4.00. The molecule has 0 aromatic heterocycles. The highest BCUT2D eigenvalue weighted by atomic mass is 19.1. The van der Waals surface area contributed by atoms with Crippen molar-refractivity contribution in [1.82, 2.24) is 10.2 Å². The highest BCUT2D eigenvalue weighted by Crippen LogP contribution is 2.27. The Morgan fingerprint density at radius 2 is 2.05 bits per heavy atom. The minimum absolute atomic E-state index is 0.134. The zero-order chi connectivity index (χ0) is 15.2. The van der Waals surface area contributed by atoms with Crippen LogP contribution in [0.1, 0.15) is 57.7 Å². The summed E-state index contributed by atoms with van der Waals surface area (Å²) in [5.41, 5.74) is 0.832. The molecule has 1 aliphatic heterocycles. The predicted molar refractivity (Wildman–Crippen MR) is 82.2 cm³/mol. The number of rotatable bonds is 7. The van der Waals surface area contributed by atoms with E-state index < -0.39 is 0 Å². The van der Waals surface area contributed by atoms with Crippen molar-refractivity contribution in [3.63, 3.8) is 0 Å². The van der Waals surface area contributed by atoms with E-state index in [9.17, 15) is 9.18 Å². The molecule has 0 bridgehead atoms. The Bertz CT molecular complexity index is 478. The van der Waals surface area contributed by atoms with Crippen molar-refractivity contribution < 1.29 is 9.18 Å². The molecule has 116 valence electrons. The lowest BCUT2D eigenvalue weighted by molar-refractivity contribution is -0.130. The van der Waals surface area contributed by atoms with Crippen LogP contribution < -0.4 is 5.32 Å². The van der Waals surface area contributed by atoms with E-state index >= 15 is 0 Å². The molecular weight excluding hydrogens is 267 g/mol. The molecule has 0 spiro atoms. The van der Waals surface area contributed by atoms with Gasteiger partial charge >= 0.3 is 0 Å². The number of hydrogen-bond acceptors (Lipinski definition) is 2. The van der Waals surface area contributed by atoms with Crippen molar-refractivity contribution in [2.75, 3.05) is 6.54 Å². The molecule has 1 heterocycles. The fourth-order valence-electron chi connectivity index (χ4n) is 2.90. The lowest BCUT2D eigenvalue weighted by Crippen LogP contribution is -2.32. The van der Waals surface area contributed by atoms with Gasteiger partial charge in [0.05, 0.1) is 6.04 Å². The second-order valence-electron chi connectivity index (χ2n) is 5.70. The molecule has 1 amide bonds. The molecule has 2 unspecified atom stereocenters. The minimum Gasteiger partial charge on any atom is -0.322 e. The second kappa shape index (κ2) is 7.55. The van der Waals surface area contributed by atoms with E-state index in [0.29, 0.717) is 0 Å². The highest BCUT2D eigenvalue weighted by molar-refractivity contribution is 5.84. The Labute approximate surface area is 126 Å². The standard InChI is InChI=1S/C17H25FN2O/c1-3-5-6-11-20-16(13-9-7-10-14(18)12-13)19-15(8-4-2)17(20)21/h7,9-10,12,15-16,19H,3-6,8,11H2,1-2H3. The molecule has 1 aliphatic rings. The Kier molecular flexibility index (Phi) is 5.74. The van der Waals surface area contributed by atoms with Crippen LogP contribution >= 0.6 is 0 Å². The summed E-state index contributed by atoms with van der Waals surface area (Å²) in [6.45, 7) is 4.96. The number of amides is 1. The smallest absolute Gasteiger partial charge is 0.241 e. The Morgan fingerprint density at radius 1 is 1.24 bits per heavy atom. The average molecular weight is 292 g/mol. The summed E-state index contributed by atoms with van der Waals surface area (Å²) >= 11 is 0. The van der Waals surface area contributed by atoms with Gasteiger partial charge in [0.25, 0.3) is 0 Å². The lowest BCUT2D eigenvalue weighted by atomic mass is 10.1. The van der Waals surface area contributed by atoms with Crippen LogP contribution in [-0.2, 0) is 4.79 Å². The molecule has 0 aliphatic carbocycles. The molecule has 1 aromatic carbocycles. The molecule has 21 heavy (non-hydrogen) atoms. The summed E-state index contributed by atoms with van der Waals surface area (Å²) < 4.78 is 13.5. The molecule has 0 saturated carbocycles. The summed E-state index contributed by atoms with van der Waals surface area (Å²) in [4.78, 5) is 14.4. The molecular formula is C17H25FN2O. The molecule has 2 atom stereocenters. The molecule has 4 heteroatoms. The van der Waals surface area contributed by atoms with Crippen LogP contribution in [-0.4, -0.2) is 23.4 Å². The SMILES string of the molecule is CCCCCN1C(=O)C(CCC)NC1c1cccc(F)c1. The zero-order valence-electron chi connectivity index (χ0n) is 12.9. The van der Waals surface area contributed by atoms with Crippen LogP contribution in [0, 0.1) is 5.82 Å². The largest absolute Gasteiger partial charge is 0.322 e. The first-order valence-corrected chi connectivity index (χ1v) is 7.99. The maximum atomic E-state index is 13.5. The molecule has 1 aromatic rings. The minimum atomic E-state index is -0.255. The van der Waals surface area contributed by atoms with Crippen molar-refractivity contribution >= 4 is 5.91 Å². The van der Waals surface area contributed by atoms with Crippen molar-refractivity contribution in [2.45, 2.75) is 58.2 Å². The van der Waals surface area contributed by atoms with E-state index in [1.807, 2.05) is 11.0 Å². The van der Waals surface area contributed by atoms with Crippen molar-refractivity contribution in [1.29, 1.82) is 0 Å². The van der Waals surface area contributed by atoms with Gasteiger partial charge in [-0.05, 0) is 30.5 Å². The van der Waals surface area contributed by atoms with Crippen molar-refractivity contribution in [2.24, 2.45) is 0 Å². The van der Waals surface area contributed by atoms with Gasteiger partial charge in [-0.1, -0.05) is 45.2 Å². The van der Waals surface area contributed by atoms with E-state index in [-0.39, 0.29) is 23.9 Å². The summed E-state index contributed by atoms with van der Waals surface area (Å²) in [6.07, 6.45) is 4.82. The zero-order valence-corrected chi connectivity index (χ0v) is 12.9. The first-order chi connectivity index (χ1) is 10.2. The van der Waals surface area contributed by atoms with Gasteiger partial charge in [-0.2, -0.15) is 0 Å². The van der Waals surface area contributed by atoms with E-state index in [1.54, 1.807) is 6.07 Å². The molecule has 1 fully saturated rings. The van der Waals surface area contributed by atoms with Gasteiger partial charge in [0, 0.05) is 6.54 Å². The van der Waals surface area contributed by atoms with Crippen LogP contribution in [0.2, 0.25) is 0 Å². The normalized spacial score (nSPS) is 22.0. The average Bonchev–Trinajstić information content (AvgIpc) is 2.77. The Balaban J connectivity index is 2.16. The topological polar surface area (TPSA) is 32.3 Å². The number of unbranched alkanes of at least 4 members (excludes halogenated alkanes) is 2. The third kappa shape index (κ3) is 3.82. The molecule has 2 rings (SSSR count). The number of carbonyl (C=O) groups is 1. The fraction of sp³-hybridized carbons (Fsp3) is 0.588. The lowest BCUT2D eigenvalue weighted by Gasteiger charge is -2.24. The fourth-order valence-corrected chi connectivity index (χ4v) is 2.90. The van der Waals surface area contributed by atoms with Gasteiger partial charge in [-0.25, -0.2) is 4.39 Å². The first-order valence-electron chi connectivity index (χ1n) is 7.99. The summed E-state index contributed by atoms with van der Waals surface area (Å²) in [7, 11) is 0. The molecule has 1 saturated heterocycles. The molecule has 0 radical (unpaired) electrons. The van der Waals surface area contributed by atoms with Crippen LogP contribution in [0.15, 0.2) is 24.3 Å². The maximum Gasteiger partial charge on any atom is 0.241 e. The van der Waals surface area contributed by atoms with E-state index in [2.05, 4.69) is 19.2 Å². The summed E-state index contributed by atoms with van der Waals surface area (Å²) in [6, 6.07) is 6.41. The van der Waals surface area contributed by atoms with Gasteiger partial charge in [-0.15, -0.1) is 0 Å². The van der Waals surface area contributed by atoms with Gasteiger partial charge < -0.3 is 4.90 Å². The maximum absolute atomic E-state index is 13.5. The van der Waals surface area contributed by atoms with Crippen molar-refractivity contribution in [3.8, 4) is 0 Å². The van der Waals surface area contributed by atoms with Crippen LogP contribution in [0.25, 0.3) is 0 Å². The number of halogens is 1. The summed E-state index contributed by atoms with van der Waals surface area (Å²) in [5.74, 6) is -0.101. The predicted octanol–water partition coefficient (Wildman–Crippen LogP) is 3.62. The van der Waals surface area contributed by atoms with Crippen LogP contribution in [0.4, 0.5) is 4.39 Å². The quantitative estimate of drug-likeness (QED) is 0.779. The monoisotopic (exact) mass is 292 g/mol. The van der Waals surface area contributed by atoms with Gasteiger partial charge in [0.2, 0.25) is 5.91 Å². The van der Waals surface area contributed by atoms with E-state index in [0.717, 1.165) is 44.2 Å². The van der Waals surface area contributed by atoms with Gasteiger partial charge in [-0.3, -0.25) is 10.1 Å². The molecule has 3 nitrogen and oxygen atoms in total. The Morgan fingerprint density at radius 3 is 2.71 bits per heavy atom. The Hall–Kier alpha value is -1.42. The van der Waals surface area contributed by atoms with Crippen LogP contribution in [0.5, 0.6) is 0 Å². The van der Waals surface area contributed by atoms with Gasteiger partial charge in [0.15, 0.2) is 0 Å². The number of hydrogen-bond donors (Lipinski definition) is 1. The first kappa shape index (κ1) is 16.0. The second-order valence-corrected chi connectivity index (χ2v) is 5.70. The van der Waals surface area contributed by atoms with E-state index in [1.165, 1.54) is 12.1 Å². The van der Waals surface area contributed by atoms with Crippen molar-refractivity contribution in [3.05, 3.63) is 35.6 Å². The number of nitrogens with zero attached hydrogens (tertiary/aromatic N) is 1. The summed E-state index contributed by atoms with van der Waals surface area (Å²) in [5, 5.41) is 3.37. The third-order valence-electron chi connectivity index (χ3n) is 4.00. The number of carbonyl (C=O) groups excluding carboxylic acids is 1. The number of benzene rings is 1. The van der Waals surface area contributed by atoms with E-state index in [4.69, 9.17) is 0 Å². The highest BCUT2D eigenvalue weighted by Gasteiger charge is 2.38. The molecule has 1 N–H and O–H groups in total.